The van der Waals surface area contributed by atoms with Gasteiger partial charge in [0.2, 0.25) is 5.91 Å². The first-order chi connectivity index (χ1) is 30.3. The first-order valence-corrected chi connectivity index (χ1v) is 24.4. The smallest absolute Gasteiger partial charge is 0.349 e. The standard InChI is InChI=1S/C52H75N3O9/c1-9-55(10-2)34-14-13-33-29-36(46(60)64-38(33)30-34)45(59)54-28-12-11-27-53-42(57)17-18-43(58)63-31-49(6)39-20-23-51(8)40(48(39,5)22-21-41(49)56)16-15-37-44-35(32(3)4)19-24-52(44,47(61)62)26-25-50(37,51)7/h13-14,29-30,35,37,39-41,44,56H,3,9-12,15-28,31H2,1-2,4-8H3,(H,53,57)(H,54,59)(H,61,62)/t35-,37+,39+,40+,41-,44+,48-,49-,50+,51+,52-/m0/s1. The molecule has 5 fully saturated rings. The van der Waals surface area contributed by atoms with E-state index in [0.717, 1.165) is 82.1 Å². The Hall–Kier alpha value is -4.19. The number of hydrogen-bond acceptors (Lipinski definition) is 9. The molecule has 0 saturated heterocycles. The Morgan fingerprint density at radius 3 is 2.27 bits per heavy atom. The van der Waals surface area contributed by atoms with Crippen LogP contribution >= 0.6 is 0 Å². The highest BCUT2D eigenvalue weighted by Crippen LogP contribution is 2.77. The van der Waals surface area contributed by atoms with Gasteiger partial charge in [-0.15, -0.1) is 0 Å². The van der Waals surface area contributed by atoms with Crippen molar-refractivity contribution in [2.24, 2.45) is 56.7 Å². The number of rotatable bonds is 16. The summed E-state index contributed by atoms with van der Waals surface area (Å²) < 4.78 is 11.4. The maximum absolute atomic E-state index is 13.2. The number of carbonyl (C=O) groups excluding carboxylic acids is 3. The fourth-order valence-electron chi connectivity index (χ4n) is 14.9. The highest BCUT2D eigenvalue weighted by Gasteiger charge is 2.72. The molecule has 1 heterocycles. The first kappa shape index (κ1) is 47.8. The van der Waals surface area contributed by atoms with E-state index >= 15 is 0 Å². The number of fused-ring (bicyclic) bond motifs is 8. The lowest BCUT2D eigenvalue weighted by molar-refractivity contribution is -0.255. The van der Waals surface area contributed by atoms with Gasteiger partial charge in [0.1, 0.15) is 11.1 Å². The van der Waals surface area contributed by atoms with Crippen LogP contribution in [0.15, 0.2) is 45.6 Å². The van der Waals surface area contributed by atoms with Crippen molar-refractivity contribution in [1.29, 1.82) is 0 Å². The first-order valence-electron chi connectivity index (χ1n) is 24.4. The highest BCUT2D eigenvalue weighted by atomic mass is 16.5. The lowest BCUT2D eigenvalue weighted by Crippen LogP contribution is -2.67. The number of hydrogen-bond donors (Lipinski definition) is 4. The number of esters is 1. The average Bonchev–Trinajstić information content (AvgIpc) is 3.67. The van der Waals surface area contributed by atoms with Crippen molar-refractivity contribution in [2.75, 3.05) is 37.7 Å². The van der Waals surface area contributed by atoms with Crippen molar-refractivity contribution in [1.82, 2.24) is 10.6 Å². The lowest BCUT2D eigenvalue weighted by Gasteiger charge is -2.72. The molecule has 2 amide bonds. The molecule has 0 unspecified atom stereocenters. The Bertz CT molecular complexity index is 2180. The van der Waals surface area contributed by atoms with Crippen molar-refractivity contribution in [3.8, 4) is 0 Å². The highest BCUT2D eigenvalue weighted by molar-refractivity contribution is 5.97. The SMILES string of the molecule is C=C(C)[C@@H]1CC[C@]2(C(=O)O)CC[C@]3(C)[C@H](CC[C@@H]4[C@@]5(C)CC[C@H](O)[C@@](C)(COC(=O)CCC(=O)NCCCCNC(=O)c6cc7ccc(N(CC)CC)cc7oc6=O)[C@@H]5CC[C@]43C)[C@@H]12. The molecule has 64 heavy (non-hydrogen) atoms. The number of anilines is 1. The van der Waals surface area contributed by atoms with E-state index in [4.69, 9.17) is 9.15 Å². The largest absolute Gasteiger partial charge is 0.481 e. The fourth-order valence-corrected chi connectivity index (χ4v) is 14.9. The second-order valence-corrected chi connectivity index (χ2v) is 21.5. The summed E-state index contributed by atoms with van der Waals surface area (Å²) in [6.07, 6.45) is 9.30. The van der Waals surface area contributed by atoms with Crippen molar-refractivity contribution < 1.29 is 38.5 Å². The number of aliphatic hydroxyl groups excluding tert-OH is 1. The molecule has 5 aliphatic carbocycles. The molecule has 2 aromatic rings. The van der Waals surface area contributed by atoms with Gasteiger partial charge in [-0.3, -0.25) is 19.2 Å². The normalized spacial score (nSPS) is 35.2. The quantitative estimate of drug-likeness (QED) is 0.0553. The molecule has 352 valence electrons. The van der Waals surface area contributed by atoms with E-state index in [9.17, 15) is 34.2 Å². The van der Waals surface area contributed by atoms with Crippen LogP contribution in [0.1, 0.15) is 149 Å². The Labute approximate surface area is 379 Å². The summed E-state index contributed by atoms with van der Waals surface area (Å²) in [4.78, 5) is 66.5. The minimum atomic E-state index is -0.693. The van der Waals surface area contributed by atoms with Gasteiger partial charge in [0.15, 0.2) is 0 Å². The summed E-state index contributed by atoms with van der Waals surface area (Å²) in [5.41, 5.74) is 0.407. The number of aliphatic hydroxyl groups is 1. The number of nitrogens with one attached hydrogen (secondary N) is 2. The second kappa shape index (κ2) is 18.2. The molecule has 7 rings (SSSR count). The van der Waals surface area contributed by atoms with Crippen molar-refractivity contribution >= 4 is 40.4 Å². The molecule has 0 radical (unpaired) electrons. The number of benzene rings is 1. The van der Waals surface area contributed by atoms with Gasteiger partial charge in [-0.2, -0.15) is 0 Å². The van der Waals surface area contributed by atoms with Gasteiger partial charge in [0.05, 0.1) is 24.5 Å². The van der Waals surface area contributed by atoms with Crippen LogP contribution in [-0.2, 0) is 19.1 Å². The van der Waals surface area contributed by atoms with Gasteiger partial charge in [-0.05, 0) is 162 Å². The zero-order valence-corrected chi connectivity index (χ0v) is 39.6. The molecule has 5 saturated carbocycles. The minimum Gasteiger partial charge on any atom is -0.481 e. The Morgan fingerprint density at radius 2 is 1.58 bits per heavy atom. The van der Waals surface area contributed by atoms with E-state index in [-0.39, 0.29) is 64.9 Å². The third kappa shape index (κ3) is 8.10. The van der Waals surface area contributed by atoms with Crippen LogP contribution < -0.4 is 21.2 Å². The molecule has 11 atom stereocenters. The van der Waals surface area contributed by atoms with Crippen molar-refractivity contribution in [3.05, 3.63) is 52.4 Å². The van der Waals surface area contributed by atoms with Crippen LogP contribution in [0.2, 0.25) is 0 Å². The van der Waals surface area contributed by atoms with E-state index in [1.54, 1.807) is 6.07 Å². The molecular weight excluding hydrogens is 811 g/mol. The predicted molar refractivity (Wildman–Crippen MR) is 248 cm³/mol. The molecule has 5 aliphatic rings. The summed E-state index contributed by atoms with van der Waals surface area (Å²) in [6, 6.07) is 7.16. The topological polar surface area (TPSA) is 175 Å². The zero-order valence-electron chi connectivity index (χ0n) is 39.6. The van der Waals surface area contributed by atoms with Crippen LogP contribution in [0, 0.1) is 56.7 Å². The van der Waals surface area contributed by atoms with Crippen LogP contribution in [0.4, 0.5) is 5.69 Å². The van der Waals surface area contributed by atoms with Gasteiger partial charge in [0, 0.05) is 55.2 Å². The van der Waals surface area contributed by atoms with E-state index < -0.39 is 40.4 Å². The van der Waals surface area contributed by atoms with Crippen LogP contribution in [0.3, 0.4) is 0 Å². The number of carbonyl (C=O) groups is 4. The van der Waals surface area contributed by atoms with Gasteiger partial charge >= 0.3 is 17.6 Å². The number of carboxylic acid groups (broad SMARTS) is 1. The Kier molecular flexibility index (Phi) is 13.6. The van der Waals surface area contributed by atoms with Gasteiger partial charge < -0.3 is 34.9 Å². The number of unbranched alkanes of at least 4 members (excludes halogenated alkanes) is 1. The number of nitrogens with zero attached hydrogens (tertiary/aromatic N) is 1. The van der Waals surface area contributed by atoms with Crippen molar-refractivity contribution in [2.45, 2.75) is 144 Å². The molecule has 12 heteroatoms. The van der Waals surface area contributed by atoms with Gasteiger partial charge in [-0.1, -0.05) is 39.8 Å². The van der Waals surface area contributed by atoms with Gasteiger partial charge in [-0.25, -0.2) is 4.79 Å². The minimum absolute atomic E-state index is 0.00408. The van der Waals surface area contributed by atoms with Crippen LogP contribution in [-0.4, -0.2) is 72.9 Å². The van der Waals surface area contributed by atoms with Gasteiger partial charge in [0.25, 0.3) is 5.91 Å². The molecular formula is C52H75N3O9. The third-order valence-corrected chi connectivity index (χ3v) is 18.7. The maximum Gasteiger partial charge on any atom is 0.349 e. The maximum atomic E-state index is 13.2. The summed E-state index contributed by atoms with van der Waals surface area (Å²) in [6.45, 7) is 22.5. The fraction of sp³-hybridized carbons (Fsp3) is 0.712. The summed E-state index contributed by atoms with van der Waals surface area (Å²) in [5, 5.41) is 28.7. The molecule has 0 spiro atoms. The number of aliphatic carboxylic acids is 1. The Morgan fingerprint density at radius 1 is 0.859 bits per heavy atom. The third-order valence-electron chi connectivity index (χ3n) is 18.7. The molecule has 1 aromatic heterocycles. The zero-order chi connectivity index (χ0) is 46.4. The van der Waals surface area contributed by atoms with Crippen LogP contribution in [0.5, 0.6) is 0 Å². The molecule has 1 aromatic carbocycles. The Balaban J connectivity index is 0.873. The monoisotopic (exact) mass is 886 g/mol. The lowest BCUT2D eigenvalue weighted by atomic mass is 9.32. The van der Waals surface area contributed by atoms with E-state index in [0.29, 0.717) is 55.2 Å². The van der Waals surface area contributed by atoms with Crippen LogP contribution in [0.25, 0.3) is 11.0 Å². The number of carboxylic acids is 1. The predicted octanol–water partition coefficient (Wildman–Crippen LogP) is 8.67. The van der Waals surface area contributed by atoms with E-state index in [1.165, 1.54) is 0 Å². The summed E-state index contributed by atoms with van der Waals surface area (Å²) >= 11 is 0. The average molecular weight is 886 g/mol. The molecule has 0 aliphatic heterocycles. The molecule has 0 bridgehead atoms. The number of ether oxygens (including phenoxy) is 1. The van der Waals surface area contributed by atoms with E-state index in [1.807, 2.05) is 18.2 Å². The summed E-state index contributed by atoms with van der Waals surface area (Å²) in [5.74, 6) is -0.600. The summed E-state index contributed by atoms with van der Waals surface area (Å²) in [7, 11) is 0. The van der Waals surface area contributed by atoms with Crippen molar-refractivity contribution in [3.63, 3.8) is 0 Å². The number of amides is 2. The van der Waals surface area contributed by atoms with E-state index in [2.05, 4.69) is 70.6 Å². The molecule has 4 N–H and O–H groups in total. The second-order valence-electron chi connectivity index (χ2n) is 21.5. The molecule has 12 nitrogen and oxygen atoms in total. The number of allylic oxidation sites excluding steroid dienone is 1.